The Morgan fingerprint density at radius 2 is 1.19 bits per heavy atom. The lowest BCUT2D eigenvalue weighted by molar-refractivity contribution is 0.795. The van der Waals surface area contributed by atoms with Crippen LogP contribution in [0.5, 0.6) is 0 Å². The molecule has 0 amide bonds. The van der Waals surface area contributed by atoms with Gasteiger partial charge in [-0.1, -0.05) is 121 Å². The third kappa shape index (κ3) is 3.32. The lowest BCUT2D eigenvalue weighted by Gasteiger charge is -2.30. The summed E-state index contributed by atoms with van der Waals surface area (Å²) in [5.41, 5.74) is 14.8. The highest BCUT2D eigenvalue weighted by atomic mass is 15.1. The van der Waals surface area contributed by atoms with E-state index >= 15 is 0 Å². The van der Waals surface area contributed by atoms with Gasteiger partial charge in [-0.3, -0.25) is 4.40 Å². The van der Waals surface area contributed by atoms with Crippen molar-refractivity contribution in [2.24, 2.45) is 0 Å². The molecule has 0 saturated heterocycles. The fourth-order valence-corrected chi connectivity index (χ4v) is 8.63. The van der Waals surface area contributed by atoms with Gasteiger partial charge in [0, 0.05) is 24.2 Å². The van der Waals surface area contributed by atoms with E-state index < -0.39 is 0 Å². The van der Waals surface area contributed by atoms with Gasteiger partial charge in [-0.05, 0) is 101 Å². The first-order chi connectivity index (χ1) is 23.8. The fraction of sp³-hybridized carbons (Fsp3) is 0.0222. The summed E-state index contributed by atoms with van der Waals surface area (Å²) in [5, 5.41) is 5.09. The predicted octanol–water partition coefficient (Wildman–Crippen LogP) is 10.7. The molecule has 2 aromatic heterocycles. The van der Waals surface area contributed by atoms with Crippen molar-refractivity contribution >= 4 is 27.3 Å². The molecule has 2 aliphatic rings. The maximum atomic E-state index is 4.71. The van der Waals surface area contributed by atoms with Crippen LogP contribution in [0.3, 0.4) is 0 Å². The van der Waals surface area contributed by atoms with Gasteiger partial charge in [0.2, 0.25) is 5.78 Å². The normalized spacial score (nSPS) is 13.6. The maximum Gasteiger partial charge on any atom is 0.234 e. The second-order valence-electron chi connectivity index (χ2n) is 13.0. The second kappa shape index (κ2) is 9.37. The highest BCUT2D eigenvalue weighted by Crippen LogP contribution is 2.64. The Hall–Kier alpha value is -6.32. The molecule has 0 fully saturated rings. The predicted molar refractivity (Wildman–Crippen MR) is 195 cm³/mol. The van der Waals surface area contributed by atoms with Crippen LogP contribution in [0.4, 0.5) is 0 Å². The van der Waals surface area contributed by atoms with Crippen molar-refractivity contribution in [2.75, 3.05) is 0 Å². The quantitative estimate of drug-likeness (QED) is 0.195. The lowest BCUT2D eigenvalue weighted by Crippen LogP contribution is -2.25. The van der Waals surface area contributed by atoms with Crippen molar-refractivity contribution in [2.45, 2.75) is 5.41 Å². The van der Waals surface area contributed by atoms with Crippen molar-refractivity contribution in [3.63, 3.8) is 0 Å². The summed E-state index contributed by atoms with van der Waals surface area (Å²) in [5.74, 6) is 0.707. The molecule has 7 aromatic carbocycles. The average Bonchev–Trinajstić information content (AvgIpc) is 3.81. The smallest absolute Gasteiger partial charge is 0.234 e. The molecule has 2 aliphatic carbocycles. The van der Waals surface area contributed by atoms with Gasteiger partial charge in [-0.2, -0.15) is 0 Å². The molecule has 11 rings (SSSR count). The summed E-state index contributed by atoms with van der Waals surface area (Å²) in [6, 6.07) is 54.1. The van der Waals surface area contributed by atoms with Crippen LogP contribution in [0.2, 0.25) is 0 Å². The number of aromatic nitrogens is 3. The molecular weight excluding hydrogens is 583 g/mol. The number of rotatable bonds is 2. The maximum absolute atomic E-state index is 4.71. The molecule has 1 spiro atoms. The lowest BCUT2D eigenvalue weighted by atomic mass is 9.70. The van der Waals surface area contributed by atoms with Crippen LogP contribution in [-0.4, -0.2) is 14.4 Å². The van der Waals surface area contributed by atoms with E-state index in [9.17, 15) is 0 Å². The monoisotopic (exact) mass is 609 g/mol. The van der Waals surface area contributed by atoms with Crippen molar-refractivity contribution < 1.29 is 0 Å². The molecule has 0 unspecified atom stereocenters. The van der Waals surface area contributed by atoms with Gasteiger partial charge in [0.05, 0.1) is 11.1 Å². The van der Waals surface area contributed by atoms with Crippen LogP contribution in [0.25, 0.3) is 72.0 Å². The summed E-state index contributed by atoms with van der Waals surface area (Å²) < 4.78 is 1.96. The molecule has 0 bridgehead atoms. The number of imidazole rings is 1. The largest absolute Gasteiger partial charge is 0.291 e. The molecule has 0 atom stereocenters. The minimum atomic E-state index is -0.378. The molecule has 222 valence electrons. The summed E-state index contributed by atoms with van der Waals surface area (Å²) >= 11 is 0. The van der Waals surface area contributed by atoms with Gasteiger partial charge in [0.1, 0.15) is 0 Å². The van der Waals surface area contributed by atoms with Gasteiger partial charge < -0.3 is 0 Å². The number of hydrogen-bond donors (Lipinski definition) is 0. The zero-order valence-corrected chi connectivity index (χ0v) is 25.9. The van der Waals surface area contributed by atoms with Crippen LogP contribution in [0, 0.1) is 0 Å². The molecule has 0 N–H and O–H groups in total. The number of fused-ring (bicyclic) bond motifs is 14. The molecular formula is C45H27N3. The van der Waals surface area contributed by atoms with E-state index in [1.165, 1.54) is 77.2 Å². The molecule has 48 heavy (non-hydrogen) atoms. The van der Waals surface area contributed by atoms with Crippen LogP contribution >= 0.6 is 0 Å². The third-order valence-corrected chi connectivity index (χ3v) is 10.7. The Bertz CT molecular complexity index is 2710. The third-order valence-electron chi connectivity index (χ3n) is 10.7. The van der Waals surface area contributed by atoms with E-state index in [0.717, 1.165) is 11.3 Å². The number of hydrogen-bond acceptors (Lipinski definition) is 2. The number of nitrogens with zero attached hydrogens (tertiary/aromatic N) is 3. The first-order valence-corrected chi connectivity index (χ1v) is 16.5. The van der Waals surface area contributed by atoms with E-state index in [2.05, 4.69) is 145 Å². The SMILES string of the molecule is c1ccc2c(c1)-c1ccccc1C21c2cc3cc(-c4ccc(-c5cn6cccnc6n5)cc4)ccc3cc2-c2c1ccc1ccccc21. The van der Waals surface area contributed by atoms with Crippen LogP contribution in [0.15, 0.2) is 164 Å². The molecule has 3 heteroatoms. The Labute approximate surface area is 277 Å². The van der Waals surface area contributed by atoms with E-state index in [4.69, 9.17) is 4.98 Å². The van der Waals surface area contributed by atoms with Crippen molar-refractivity contribution in [3.05, 3.63) is 186 Å². The zero-order valence-electron chi connectivity index (χ0n) is 25.9. The Morgan fingerprint density at radius 1 is 0.479 bits per heavy atom. The second-order valence-corrected chi connectivity index (χ2v) is 13.0. The van der Waals surface area contributed by atoms with Gasteiger partial charge in [0.25, 0.3) is 0 Å². The minimum absolute atomic E-state index is 0.378. The topological polar surface area (TPSA) is 30.2 Å². The van der Waals surface area contributed by atoms with Gasteiger partial charge in [-0.15, -0.1) is 0 Å². The van der Waals surface area contributed by atoms with Gasteiger partial charge >= 0.3 is 0 Å². The Morgan fingerprint density at radius 3 is 2.00 bits per heavy atom. The molecule has 3 nitrogen and oxygen atoms in total. The van der Waals surface area contributed by atoms with E-state index in [0.29, 0.717) is 5.78 Å². The highest BCUT2D eigenvalue weighted by Gasteiger charge is 2.52. The van der Waals surface area contributed by atoms with E-state index in [1.54, 1.807) is 6.20 Å². The summed E-state index contributed by atoms with van der Waals surface area (Å²) in [4.78, 5) is 9.09. The molecule has 2 heterocycles. The molecule has 9 aromatic rings. The van der Waals surface area contributed by atoms with E-state index in [1.807, 2.05) is 22.9 Å². The summed E-state index contributed by atoms with van der Waals surface area (Å²) in [6.07, 6.45) is 5.79. The van der Waals surface area contributed by atoms with Gasteiger partial charge in [-0.25, -0.2) is 9.97 Å². The first kappa shape index (κ1) is 25.8. The Balaban J connectivity index is 1.13. The summed E-state index contributed by atoms with van der Waals surface area (Å²) in [6.45, 7) is 0. The van der Waals surface area contributed by atoms with E-state index in [-0.39, 0.29) is 5.41 Å². The minimum Gasteiger partial charge on any atom is -0.291 e. The molecule has 0 saturated carbocycles. The Kier molecular flexibility index (Phi) is 5.04. The zero-order chi connectivity index (χ0) is 31.4. The van der Waals surface area contributed by atoms with Crippen LogP contribution in [-0.2, 0) is 5.41 Å². The van der Waals surface area contributed by atoms with Crippen molar-refractivity contribution in [1.82, 2.24) is 14.4 Å². The van der Waals surface area contributed by atoms with Gasteiger partial charge in [0.15, 0.2) is 0 Å². The summed E-state index contributed by atoms with van der Waals surface area (Å²) in [7, 11) is 0. The first-order valence-electron chi connectivity index (χ1n) is 16.5. The van der Waals surface area contributed by atoms with Crippen molar-refractivity contribution in [1.29, 1.82) is 0 Å². The standard InChI is InChI=1S/C45H27N3/c1-2-9-34-29(8-1)20-21-40-43(34)37-25-32-19-18-31(28-14-16-30(17-15-28)42-27-48-23-7-22-46-44(48)47-42)24-33(32)26-41(37)45(40)38-12-5-3-10-35(38)36-11-4-6-13-39(36)45/h1-27H. The highest BCUT2D eigenvalue weighted by molar-refractivity contribution is 6.08. The average molecular weight is 610 g/mol. The molecule has 0 aliphatic heterocycles. The number of benzene rings is 7. The van der Waals surface area contributed by atoms with Crippen LogP contribution in [0.1, 0.15) is 22.3 Å². The van der Waals surface area contributed by atoms with Crippen molar-refractivity contribution in [3.8, 4) is 44.6 Å². The van der Waals surface area contributed by atoms with Crippen LogP contribution < -0.4 is 0 Å². The fourth-order valence-electron chi connectivity index (χ4n) is 8.63. The molecule has 0 radical (unpaired) electrons.